The standard InChI is InChI=1S/C13H12BrNO3/c1-3-18-13(16)12-7-10(14)9-6-8(17-2)4-5-11(9)15-12/h4-7H,3H2,1-2H3. The Morgan fingerprint density at radius 3 is 2.83 bits per heavy atom. The topological polar surface area (TPSA) is 48.4 Å². The fourth-order valence-corrected chi connectivity index (χ4v) is 2.13. The van der Waals surface area contributed by atoms with E-state index in [1.165, 1.54) is 0 Å². The van der Waals surface area contributed by atoms with Gasteiger partial charge in [-0.1, -0.05) is 15.9 Å². The minimum atomic E-state index is -0.420. The quantitative estimate of drug-likeness (QED) is 0.817. The fraction of sp³-hybridized carbons (Fsp3) is 0.231. The maximum absolute atomic E-state index is 11.6. The smallest absolute Gasteiger partial charge is 0.356 e. The summed E-state index contributed by atoms with van der Waals surface area (Å²) in [6.45, 7) is 2.09. The lowest BCUT2D eigenvalue weighted by atomic mass is 10.2. The SMILES string of the molecule is CCOC(=O)c1cc(Br)c2cc(OC)ccc2n1. The molecule has 0 aliphatic carbocycles. The number of hydrogen-bond donors (Lipinski definition) is 0. The molecule has 0 spiro atoms. The zero-order valence-corrected chi connectivity index (χ0v) is 11.7. The van der Waals surface area contributed by atoms with E-state index in [1.807, 2.05) is 12.1 Å². The Labute approximate surface area is 113 Å². The van der Waals surface area contributed by atoms with Crippen LogP contribution in [0.25, 0.3) is 10.9 Å². The number of aromatic nitrogens is 1. The van der Waals surface area contributed by atoms with Gasteiger partial charge in [0.15, 0.2) is 0 Å². The third kappa shape index (κ3) is 2.46. The van der Waals surface area contributed by atoms with Gasteiger partial charge in [0.05, 0.1) is 19.2 Å². The second-order valence-electron chi connectivity index (χ2n) is 3.59. The van der Waals surface area contributed by atoms with Gasteiger partial charge in [-0.2, -0.15) is 0 Å². The Hall–Kier alpha value is -1.62. The molecule has 2 rings (SSSR count). The second kappa shape index (κ2) is 5.35. The Bertz CT molecular complexity index is 598. The molecule has 4 nitrogen and oxygen atoms in total. The van der Waals surface area contributed by atoms with Crippen molar-refractivity contribution >= 4 is 32.8 Å². The predicted molar refractivity (Wildman–Crippen MR) is 72.0 cm³/mol. The molecular weight excluding hydrogens is 298 g/mol. The van der Waals surface area contributed by atoms with Crippen molar-refractivity contribution < 1.29 is 14.3 Å². The molecule has 0 unspecified atom stereocenters. The normalized spacial score (nSPS) is 10.4. The summed E-state index contributed by atoms with van der Waals surface area (Å²) < 4.78 is 10.9. The summed E-state index contributed by atoms with van der Waals surface area (Å²) >= 11 is 3.43. The molecule has 0 bridgehead atoms. The lowest BCUT2D eigenvalue weighted by Gasteiger charge is -2.06. The summed E-state index contributed by atoms with van der Waals surface area (Å²) in [7, 11) is 1.61. The number of carbonyl (C=O) groups excluding carboxylic acids is 1. The van der Waals surface area contributed by atoms with Gasteiger partial charge in [0.25, 0.3) is 0 Å². The van der Waals surface area contributed by atoms with E-state index in [2.05, 4.69) is 20.9 Å². The van der Waals surface area contributed by atoms with Crippen LogP contribution in [-0.2, 0) is 4.74 Å². The summed E-state index contributed by atoms with van der Waals surface area (Å²) in [5.41, 5.74) is 1.01. The van der Waals surface area contributed by atoms with Gasteiger partial charge in [-0.15, -0.1) is 0 Å². The first-order valence-electron chi connectivity index (χ1n) is 5.47. The number of fused-ring (bicyclic) bond motifs is 1. The van der Waals surface area contributed by atoms with Gasteiger partial charge < -0.3 is 9.47 Å². The van der Waals surface area contributed by atoms with Crippen LogP contribution in [0.15, 0.2) is 28.7 Å². The monoisotopic (exact) mass is 309 g/mol. The molecular formula is C13H12BrNO3. The lowest BCUT2D eigenvalue weighted by Crippen LogP contribution is -2.07. The molecule has 0 amide bonds. The van der Waals surface area contributed by atoms with Crippen molar-refractivity contribution in [3.05, 3.63) is 34.4 Å². The van der Waals surface area contributed by atoms with Crippen LogP contribution in [0.4, 0.5) is 0 Å². The van der Waals surface area contributed by atoms with E-state index >= 15 is 0 Å². The number of nitrogens with zero attached hydrogens (tertiary/aromatic N) is 1. The van der Waals surface area contributed by atoms with E-state index < -0.39 is 5.97 Å². The van der Waals surface area contributed by atoms with Crippen molar-refractivity contribution in [2.24, 2.45) is 0 Å². The maximum atomic E-state index is 11.6. The molecule has 0 aliphatic rings. The lowest BCUT2D eigenvalue weighted by molar-refractivity contribution is 0.0520. The summed E-state index contributed by atoms with van der Waals surface area (Å²) in [6, 6.07) is 7.12. The van der Waals surface area contributed by atoms with Crippen molar-refractivity contribution in [3.63, 3.8) is 0 Å². The number of methoxy groups -OCH3 is 1. The van der Waals surface area contributed by atoms with Crippen LogP contribution in [0, 0.1) is 0 Å². The van der Waals surface area contributed by atoms with E-state index in [9.17, 15) is 4.79 Å². The number of benzene rings is 1. The molecule has 0 radical (unpaired) electrons. The zero-order valence-electron chi connectivity index (χ0n) is 10.1. The molecule has 1 heterocycles. The summed E-state index contributed by atoms with van der Waals surface area (Å²) in [6.07, 6.45) is 0. The summed E-state index contributed by atoms with van der Waals surface area (Å²) in [4.78, 5) is 15.9. The highest BCUT2D eigenvalue weighted by atomic mass is 79.9. The van der Waals surface area contributed by atoms with Crippen LogP contribution in [0.2, 0.25) is 0 Å². The van der Waals surface area contributed by atoms with Crippen LogP contribution >= 0.6 is 15.9 Å². The minimum Gasteiger partial charge on any atom is -0.497 e. The van der Waals surface area contributed by atoms with Crippen molar-refractivity contribution in [1.82, 2.24) is 4.98 Å². The van der Waals surface area contributed by atoms with Crippen molar-refractivity contribution in [1.29, 1.82) is 0 Å². The molecule has 18 heavy (non-hydrogen) atoms. The predicted octanol–water partition coefficient (Wildman–Crippen LogP) is 3.18. The molecule has 0 N–H and O–H groups in total. The number of pyridine rings is 1. The first kappa shape index (κ1) is 12.8. The molecule has 0 saturated carbocycles. The van der Waals surface area contributed by atoms with E-state index in [4.69, 9.17) is 9.47 Å². The van der Waals surface area contributed by atoms with Gasteiger partial charge in [-0.25, -0.2) is 9.78 Å². The Morgan fingerprint density at radius 1 is 1.39 bits per heavy atom. The van der Waals surface area contributed by atoms with E-state index in [0.29, 0.717) is 17.8 Å². The number of carbonyl (C=O) groups is 1. The van der Waals surface area contributed by atoms with Crippen molar-refractivity contribution in [2.75, 3.05) is 13.7 Å². The van der Waals surface area contributed by atoms with Gasteiger partial charge in [0.2, 0.25) is 0 Å². The van der Waals surface area contributed by atoms with Gasteiger partial charge in [-0.05, 0) is 31.2 Å². The third-order valence-corrected chi connectivity index (χ3v) is 3.11. The van der Waals surface area contributed by atoms with E-state index in [1.54, 1.807) is 26.2 Å². The number of halogens is 1. The van der Waals surface area contributed by atoms with Gasteiger partial charge >= 0.3 is 5.97 Å². The van der Waals surface area contributed by atoms with Gasteiger partial charge in [-0.3, -0.25) is 0 Å². The zero-order chi connectivity index (χ0) is 13.1. The summed E-state index contributed by atoms with van der Waals surface area (Å²) in [5, 5.41) is 0.891. The number of rotatable bonds is 3. The maximum Gasteiger partial charge on any atom is 0.356 e. The highest BCUT2D eigenvalue weighted by Crippen LogP contribution is 2.27. The molecule has 5 heteroatoms. The Morgan fingerprint density at radius 2 is 2.17 bits per heavy atom. The molecule has 2 aromatic rings. The van der Waals surface area contributed by atoms with Crippen molar-refractivity contribution in [2.45, 2.75) is 6.92 Å². The molecule has 0 saturated heterocycles. The average molecular weight is 310 g/mol. The number of hydrogen-bond acceptors (Lipinski definition) is 4. The van der Waals surface area contributed by atoms with E-state index in [0.717, 1.165) is 15.6 Å². The highest BCUT2D eigenvalue weighted by Gasteiger charge is 2.12. The van der Waals surface area contributed by atoms with Crippen LogP contribution < -0.4 is 4.74 Å². The van der Waals surface area contributed by atoms with Crippen molar-refractivity contribution in [3.8, 4) is 5.75 Å². The first-order valence-corrected chi connectivity index (χ1v) is 6.26. The third-order valence-electron chi connectivity index (χ3n) is 2.45. The molecule has 0 atom stereocenters. The van der Waals surface area contributed by atoms with Crippen LogP contribution in [0.5, 0.6) is 5.75 Å². The van der Waals surface area contributed by atoms with E-state index in [-0.39, 0.29) is 0 Å². The largest absolute Gasteiger partial charge is 0.497 e. The first-order chi connectivity index (χ1) is 8.65. The Kier molecular flexibility index (Phi) is 3.81. The van der Waals surface area contributed by atoms with Gasteiger partial charge in [0, 0.05) is 9.86 Å². The molecule has 1 aromatic carbocycles. The molecule has 0 aliphatic heterocycles. The van der Waals surface area contributed by atoms with Crippen LogP contribution in [0.3, 0.4) is 0 Å². The molecule has 94 valence electrons. The van der Waals surface area contributed by atoms with Gasteiger partial charge in [0.1, 0.15) is 11.4 Å². The number of ether oxygens (including phenoxy) is 2. The average Bonchev–Trinajstić information content (AvgIpc) is 2.38. The molecule has 0 fully saturated rings. The minimum absolute atomic E-state index is 0.293. The fourth-order valence-electron chi connectivity index (χ4n) is 1.60. The second-order valence-corrected chi connectivity index (χ2v) is 4.45. The molecule has 1 aromatic heterocycles. The highest BCUT2D eigenvalue weighted by molar-refractivity contribution is 9.10. The van der Waals surface area contributed by atoms with Crippen LogP contribution in [0.1, 0.15) is 17.4 Å². The Balaban J connectivity index is 2.53. The summed E-state index contributed by atoms with van der Waals surface area (Å²) in [5.74, 6) is 0.324. The number of esters is 1. The van der Waals surface area contributed by atoms with Crippen LogP contribution in [-0.4, -0.2) is 24.7 Å².